The van der Waals surface area contributed by atoms with Gasteiger partial charge in [-0.1, -0.05) is 68.8 Å². The molecule has 0 aliphatic rings. The SMILES string of the molecule is COc1ccc(/C=C/C(=O)c2cccc(C)c2)cc1COc1ccc(C(C)(C)C)cc1. The highest BCUT2D eigenvalue weighted by molar-refractivity contribution is 6.06. The minimum Gasteiger partial charge on any atom is -0.496 e. The first kappa shape index (κ1) is 22.4. The third-order valence-electron chi connectivity index (χ3n) is 5.15. The summed E-state index contributed by atoms with van der Waals surface area (Å²) in [6, 6.07) is 21.6. The smallest absolute Gasteiger partial charge is 0.185 e. The summed E-state index contributed by atoms with van der Waals surface area (Å²) in [7, 11) is 1.65. The number of carbonyl (C=O) groups is 1. The molecule has 0 bridgehead atoms. The molecule has 0 heterocycles. The highest BCUT2D eigenvalue weighted by Gasteiger charge is 2.13. The van der Waals surface area contributed by atoms with Crippen molar-refractivity contribution in [3.8, 4) is 11.5 Å². The molecule has 3 aromatic rings. The van der Waals surface area contributed by atoms with Crippen molar-refractivity contribution in [1.29, 1.82) is 0 Å². The average Bonchev–Trinajstić information content (AvgIpc) is 2.75. The molecule has 0 atom stereocenters. The van der Waals surface area contributed by atoms with E-state index in [4.69, 9.17) is 9.47 Å². The van der Waals surface area contributed by atoms with E-state index >= 15 is 0 Å². The monoisotopic (exact) mass is 414 g/mol. The van der Waals surface area contributed by atoms with Crippen LogP contribution >= 0.6 is 0 Å². The third-order valence-corrected chi connectivity index (χ3v) is 5.15. The standard InChI is InChI=1S/C28H30O3/c1-20-7-6-8-22(17-20)26(29)15-9-21-10-16-27(30-5)23(18-21)19-31-25-13-11-24(12-14-25)28(2,3)4/h6-18H,19H2,1-5H3/b15-9+. The Bertz CT molecular complexity index is 1070. The van der Waals surface area contributed by atoms with Crippen LogP contribution in [0.5, 0.6) is 11.5 Å². The van der Waals surface area contributed by atoms with E-state index in [-0.39, 0.29) is 11.2 Å². The number of hydrogen-bond donors (Lipinski definition) is 0. The first-order chi connectivity index (χ1) is 14.8. The molecule has 0 saturated heterocycles. The second-order valence-electron chi connectivity index (χ2n) is 8.70. The summed E-state index contributed by atoms with van der Waals surface area (Å²) in [5, 5.41) is 0. The first-order valence-corrected chi connectivity index (χ1v) is 10.5. The van der Waals surface area contributed by atoms with Gasteiger partial charge in [-0.15, -0.1) is 0 Å². The second-order valence-corrected chi connectivity index (χ2v) is 8.70. The van der Waals surface area contributed by atoms with Crippen LogP contribution in [-0.2, 0) is 12.0 Å². The Morgan fingerprint density at radius 1 is 0.968 bits per heavy atom. The van der Waals surface area contributed by atoms with E-state index < -0.39 is 0 Å². The molecular weight excluding hydrogens is 384 g/mol. The summed E-state index contributed by atoms with van der Waals surface area (Å²) in [4.78, 5) is 12.5. The molecule has 3 rings (SSSR count). The van der Waals surface area contributed by atoms with Gasteiger partial charge in [-0.3, -0.25) is 4.79 Å². The van der Waals surface area contributed by atoms with Crippen LogP contribution in [0.1, 0.15) is 53.4 Å². The van der Waals surface area contributed by atoms with Crippen LogP contribution in [-0.4, -0.2) is 12.9 Å². The van der Waals surface area contributed by atoms with Gasteiger partial charge in [-0.25, -0.2) is 0 Å². The van der Waals surface area contributed by atoms with Gasteiger partial charge in [-0.2, -0.15) is 0 Å². The molecule has 3 nitrogen and oxygen atoms in total. The van der Waals surface area contributed by atoms with Crippen molar-refractivity contribution in [2.24, 2.45) is 0 Å². The Labute approximate surface area is 185 Å². The summed E-state index contributed by atoms with van der Waals surface area (Å²) < 4.78 is 11.5. The predicted octanol–water partition coefficient (Wildman–Crippen LogP) is 6.78. The number of ether oxygens (including phenoxy) is 2. The Morgan fingerprint density at radius 2 is 1.71 bits per heavy atom. The Hall–Kier alpha value is -3.33. The van der Waals surface area contributed by atoms with E-state index in [2.05, 4.69) is 32.9 Å². The van der Waals surface area contributed by atoms with Gasteiger partial charge >= 0.3 is 0 Å². The lowest BCUT2D eigenvalue weighted by molar-refractivity contribution is 0.104. The summed E-state index contributed by atoms with van der Waals surface area (Å²) in [6.07, 6.45) is 3.43. The summed E-state index contributed by atoms with van der Waals surface area (Å²) in [5.74, 6) is 1.55. The maximum absolute atomic E-state index is 12.5. The van der Waals surface area contributed by atoms with Crippen molar-refractivity contribution in [3.63, 3.8) is 0 Å². The van der Waals surface area contributed by atoms with E-state index in [9.17, 15) is 4.79 Å². The number of aryl methyl sites for hydroxylation is 1. The molecule has 0 radical (unpaired) electrons. The zero-order valence-corrected chi connectivity index (χ0v) is 18.9. The molecule has 0 fully saturated rings. The molecule has 3 aromatic carbocycles. The fraction of sp³-hybridized carbons (Fsp3) is 0.250. The quantitative estimate of drug-likeness (QED) is 0.316. The van der Waals surface area contributed by atoms with Gasteiger partial charge in [0.2, 0.25) is 0 Å². The van der Waals surface area contributed by atoms with E-state index in [1.54, 1.807) is 13.2 Å². The molecule has 0 aromatic heterocycles. The Morgan fingerprint density at radius 3 is 2.35 bits per heavy atom. The van der Waals surface area contributed by atoms with Crippen LogP contribution in [0, 0.1) is 6.92 Å². The fourth-order valence-electron chi connectivity index (χ4n) is 3.29. The fourth-order valence-corrected chi connectivity index (χ4v) is 3.29. The lowest BCUT2D eigenvalue weighted by Gasteiger charge is -2.19. The maximum atomic E-state index is 12.5. The molecule has 31 heavy (non-hydrogen) atoms. The van der Waals surface area contributed by atoms with Crippen molar-refractivity contribution in [2.45, 2.75) is 39.7 Å². The molecule has 0 aliphatic heterocycles. The second kappa shape index (κ2) is 9.65. The Balaban J connectivity index is 1.72. The molecule has 0 aliphatic carbocycles. The third kappa shape index (κ3) is 6.08. The van der Waals surface area contributed by atoms with Crippen LogP contribution in [0.4, 0.5) is 0 Å². The van der Waals surface area contributed by atoms with E-state index in [0.29, 0.717) is 12.2 Å². The van der Waals surface area contributed by atoms with Gasteiger partial charge in [-0.05, 0) is 59.9 Å². The number of hydrogen-bond acceptors (Lipinski definition) is 3. The first-order valence-electron chi connectivity index (χ1n) is 10.5. The summed E-state index contributed by atoms with van der Waals surface area (Å²) in [5.41, 5.74) is 4.97. The summed E-state index contributed by atoms with van der Waals surface area (Å²) >= 11 is 0. The van der Waals surface area contributed by atoms with Crippen LogP contribution < -0.4 is 9.47 Å². The normalized spacial score (nSPS) is 11.5. The molecule has 160 valence electrons. The number of methoxy groups -OCH3 is 1. The lowest BCUT2D eigenvalue weighted by Crippen LogP contribution is -2.10. The van der Waals surface area contributed by atoms with Gasteiger partial charge in [0.15, 0.2) is 5.78 Å². The predicted molar refractivity (Wildman–Crippen MR) is 127 cm³/mol. The van der Waals surface area contributed by atoms with E-state index in [1.807, 2.05) is 67.6 Å². The molecule has 3 heteroatoms. The average molecular weight is 415 g/mol. The lowest BCUT2D eigenvalue weighted by atomic mass is 9.87. The number of ketones is 1. The minimum absolute atomic E-state index is 0.0174. The zero-order chi connectivity index (χ0) is 22.4. The van der Waals surface area contributed by atoms with Gasteiger partial charge < -0.3 is 9.47 Å². The molecule has 0 unspecified atom stereocenters. The highest BCUT2D eigenvalue weighted by atomic mass is 16.5. The van der Waals surface area contributed by atoms with Gasteiger partial charge in [0.1, 0.15) is 18.1 Å². The minimum atomic E-state index is -0.0174. The van der Waals surface area contributed by atoms with E-state index in [0.717, 1.165) is 28.2 Å². The van der Waals surface area contributed by atoms with Crippen molar-refractivity contribution in [1.82, 2.24) is 0 Å². The van der Waals surface area contributed by atoms with Crippen molar-refractivity contribution < 1.29 is 14.3 Å². The molecular formula is C28H30O3. The van der Waals surface area contributed by atoms with Crippen molar-refractivity contribution >= 4 is 11.9 Å². The van der Waals surface area contributed by atoms with Crippen LogP contribution in [0.15, 0.2) is 72.8 Å². The summed E-state index contributed by atoms with van der Waals surface area (Å²) in [6.45, 7) is 8.93. The zero-order valence-electron chi connectivity index (χ0n) is 18.9. The van der Waals surface area contributed by atoms with Gasteiger partial charge in [0.25, 0.3) is 0 Å². The maximum Gasteiger partial charge on any atom is 0.185 e. The molecule has 0 amide bonds. The number of rotatable bonds is 7. The van der Waals surface area contributed by atoms with Crippen LogP contribution in [0.3, 0.4) is 0 Å². The topological polar surface area (TPSA) is 35.5 Å². The van der Waals surface area contributed by atoms with Crippen LogP contribution in [0.25, 0.3) is 6.08 Å². The highest BCUT2D eigenvalue weighted by Crippen LogP contribution is 2.26. The molecule has 0 saturated carbocycles. The Kier molecular flexibility index (Phi) is 6.96. The molecule has 0 spiro atoms. The van der Waals surface area contributed by atoms with E-state index in [1.165, 1.54) is 5.56 Å². The number of carbonyl (C=O) groups excluding carboxylic acids is 1. The number of allylic oxidation sites excluding steroid dienone is 1. The van der Waals surface area contributed by atoms with Crippen LogP contribution in [0.2, 0.25) is 0 Å². The number of benzene rings is 3. The van der Waals surface area contributed by atoms with Crippen molar-refractivity contribution in [2.75, 3.05) is 7.11 Å². The van der Waals surface area contributed by atoms with Crippen molar-refractivity contribution in [3.05, 3.63) is 101 Å². The van der Waals surface area contributed by atoms with Gasteiger partial charge in [0, 0.05) is 11.1 Å². The largest absolute Gasteiger partial charge is 0.496 e. The van der Waals surface area contributed by atoms with Gasteiger partial charge in [0.05, 0.1) is 7.11 Å². The molecule has 0 N–H and O–H groups in total.